The molecule has 1 aromatic carbocycles. The number of nitrogens with one attached hydrogen (secondary N) is 1. The summed E-state index contributed by atoms with van der Waals surface area (Å²) < 4.78 is 4.92. The lowest BCUT2D eigenvalue weighted by Gasteiger charge is -2.05. The Bertz CT molecular complexity index is 660. The number of aromatic nitrogens is 2. The molecule has 0 saturated carbocycles. The molecule has 2 N–H and O–H groups in total. The Hall–Kier alpha value is -2.21. The third kappa shape index (κ3) is 2.85. The number of aromatic amines is 1. The highest BCUT2D eigenvalue weighted by atomic mass is 16.5. The number of aryl methyl sites for hydroxylation is 1. The normalized spacial score (nSPS) is 10.9. The van der Waals surface area contributed by atoms with E-state index in [9.17, 15) is 9.59 Å². The molecular weight excluding hydrogens is 260 g/mol. The number of ketones is 1. The molecule has 1 aromatic heterocycles. The third-order valence-corrected chi connectivity index (χ3v) is 3.08. The van der Waals surface area contributed by atoms with Crippen molar-refractivity contribution in [1.29, 1.82) is 0 Å². The van der Waals surface area contributed by atoms with Crippen molar-refractivity contribution < 1.29 is 19.4 Å². The SMILES string of the molecule is COCCCC(=O)c1cc2nc(C(=O)O)[nH]c2cc1C. The number of carbonyl (C=O) groups excluding carboxylic acids is 1. The van der Waals surface area contributed by atoms with Crippen molar-refractivity contribution in [1.82, 2.24) is 9.97 Å². The molecule has 0 aliphatic heterocycles. The molecule has 106 valence electrons. The van der Waals surface area contributed by atoms with Crippen LogP contribution in [0.2, 0.25) is 0 Å². The van der Waals surface area contributed by atoms with Crippen LogP contribution in [-0.4, -0.2) is 40.5 Å². The van der Waals surface area contributed by atoms with Crippen LogP contribution in [0.1, 0.15) is 39.4 Å². The number of benzene rings is 1. The van der Waals surface area contributed by atoms with Gasteiger partial charge in [-0.3, -0.25) is 4.79 Å². The van der Waals surface area contributed by atoms with Crippen molar-refractivity contribution in [2.45, 2.75) is 19.8 Å². The Morgan fingerprint density at radius 3 is 2.80 bits per heavy atom. The van der Waals surface area contributed by atoms with Crippen LogP contribution >= 0.6 is 0 Å². The van der Waals surface area contributed by atoms with Crippen molar-refractivity contribution in [2.24, 2.45) is 0 Å². The summed E-state index contributed by atoms with van der Waals surface area (Å²) in [6.45, 7) is 2.36. The summed E-state index contributed by atoms with van der Waals surface area (Å²) in [6, 6.07) is 3.39. The maximum atomic E-state index is 12.1. The lowest BCUT2D eigenvalue weighted by atomic mass is 10.0. The van der Waals surface area contributed by atoms with Gasteiger partial charge in [0, 0.05) is 25.7 Å². The fourth-order valence-corrected chi connectivity index (χ4v) is 2.08. The quantitative estimate of drug-likeness (QED) is 0.623. The predicted molar refractivity (Wildman–Crippen MR) is 73.2 cm³/mol. The van der Waals surface area contributed by atoms with E-state index in [4.69, 9.17) is 9.84 Å². The topological polar surface area (TPSA) is 92.3 Å². The molecule has 0 fully saturated rings. The molecule has 6 nitrogen and oxygen atoms in total. The first-order chi connectivity index (χ1) is 9.52. The number of fused-ring (bicyclic) bond motifs is 1. The third-order valence-electron chi connectivity index (χ3n) is 3.08. The van der Waals surface area contributed by atoms with Gasteiger partial charge in [0.05, 0.1) is 11.0 Å². The minimum atomic E-state index is -1.12. The highest BCUT2D eigenvalue weighted by Crippen LogP contribution is 2.20. The number of carboxylic acids is 1. The first-order valence-electron chi connectivity index (χ1n) is 6.28. The molecule has 6 heteroatoms. The van der Waals surface area contributed by atoms with Gasteiger partial charge in [0.25, 0.3) is 0 Å². The van der Waals surface area contributed by atoms with Crippen molar-refractivity contribution >= 4 is 22.8 Å². The van der Waals surface area contributed by atoms with Gasteiger partial charge in [0.15, 0.2) is 5.78 Å². The van der Waals surface area contributed by atoms with Crippen LogP contribution in [0.15, 0.2) is 12.1 Å². The van der Waals surface area contributed by atoms with E-state index in [-0.39, 0.29) is 11.6 Å². The van der Waals surface area contributed by atoms with Crippen LogP contribution in [0, 0.1) is 6.92 Å². The number of aromatic carboxylic acids is 1. The van der Waals surface area contributed by atoms with Crippen molar-refractivity contribution in [2.75, 3.05) is 13.7 Å². The second kappa shape index (κ2) is 5.83. The molecule has 0 atom stereocenters. The molecule has 0 amide bonds. The number of carboxylic acid groups (broad SMARTS) is 1. The van der Waals surface area contributed by atoms with Crippen molar-refractivity contribution in [3.05, 3.63) is 29.1 Å². The van der Waals surface area contributed by atoms with Gasteiger partial charge in [-0.05, 0) is 31.0 Å². The summed E-state index contributed by atoms with van der Waals surface area (Å²) in [4.78, 5) is 29.7. The van der Waals surface area contributed by atoms with Crippen LogP contribution in [0.3, 0.4) is 0 Å². The van der Waals surface area contributed by atoms with Crippen LogP contribution in [0.5, 0.6) is 0 Å². The second-order valence-electron chi connectivity index (χ2n) is 4.59. The molecule has 0 aliphatic rings. The summed E-state index contributed by atoms with van der Waals surface area (Å²) in [6.07, 6.45) is 1.06. The molecule has 0 spiro atoms. The van der Waals surface area contributed by atoms with E-state index < -0.39 is 5.97 Å². The molecule has 2 aromatic rings. The number of Topliss-reactive ketones (excluding diaryl/α,β-unsaturated/α-hetero) is 1. The van der Waals surface area contributed by atoms with Gasteiger partial charge in [-0.25, -0.2) is 9.78 Å². The minimum absolute atomic E-state index is 0.0151. The van der Waals surface area contributed by atoms with Gasteiger partial charge in [-0.1, -0.05) is 0 Å². The summed E-state index contributed by atoms with van der Waals surface area (Å²) in [5, 5.41) is 8.90. The van der Waals surface area contributed by atoms with Gasteiger partial charge in [0.1, 0.15) is 0 Å². The van der Waals surface area contributed by atoms with E-state index in [2.05, 4.69) is 9.97 Å². The molecule has 0 unspecified atom stereocenters. The Kier molecular flexibility index (Phi) is 4.14. The lowest BCUT2D eigenvalue weighted by Crippen LogP contribution is -2.03. The monoisotopic (exact) mass is 276 g/mol. The summed E-state index contributed by atoms with van der Waals surface area (Å²) in [7, 11) is 1.60. The van der Waals surface area contributed by atoms with Gasteiger partial charge in [-0.15, -0.1) is 0 Å². The molecule has 0 aliphatic carbocycles. The first kappa shape index (κ1) is 14.2. The number of H-pyrrole nitrogens is 1. The zero-order valence-electron chi connectivity index (χ0n) is 11.4. The fourth-order valence-electron chi connectivity index (χ4n) is 2.08. The number of ether oxygens (including phenoxy) is 1. The molecular formula is C14H16N2O4. The Labute approximate surface area is 115 Å². The van der Waals surface area contributed by atoms with E-state index in [0.29, 0.717) is 36.0 Å². The molecule has 0 radical (unpaired) electrons. The smallest absolute Gasteiger partial charge is 0.371 e. The average molecular weight is 276 g/mol. The molecule has 1 heterocycles. The Balaban J connectivity index is 2.31. The Morgan fingerprint density at radius 2 is 2.15 bits per heavy atom. The highest BCUT2D eigenvalue weighted by Gasteiger charge is 2.14. The minimum Gasteiger partial charge on any atom is -0.475 e. The maximum Gasteiger partial charge on any atom is 0.371 e. The first-order valence-corrected chi connectivity index (χ1v) is 6.28. The van der Waals surface area contributed by atoms with Gasteiger partial charge in [-0.2, -0.15) is 0 Å². The number of rotatable bonds is 6. The second-order valence-corrected chi connectivity index (χ2v) is 4.59. The molecule has 0 bridgehead atoms. The summed E-state index contributed by atoms with van der Waals surface area (Å²) in [5.74, 6) is -1.23. The van der Waals surface area contributed by atoms with Crippen molar-refractivity contribution in [3.63, 3.8) is 0 Å². The van der Waals surface area contributed by atoms with Gasteiger partial charge in [0.2, 0.25) is 5.82 Å². The standard InChI is InChI=1S/C14H16N2O4/c1-8-6-10-11(16-13(15-10)14(18)19)7-9(8)12(17)4-3-5-20-2/h6-7H,3-5H2,1-2H3,(H,15,16)(H,18,19). The molecule has 2 rings (SSSR count). The zero-order chi connectivity index (χ0) is 14.7. The number of hydrogen-bond acceptors (Lipinski definition) is 4. The number of hydrogen-bond donors (Lipinski definition) is 2. The number of methoxy groups -OCH3 is 1. The van der Waals surface area contributed by atoms with Crippen LogP contribution < -0.4 is 0 Å². The largest absolute Gasteiger partial charge is 0.475 e. The van der Waals surface area contributed by atoms with E-state index in [1.54, 1.807) is 19.2 Å². The van der Waals surface area contributed by atoms with E-state index in [1.165, 1.54) is 0 Å². The predicted octanol–water partition coefficient (Wildman–Crippen LogP) is 2.18. The average Bonchev–Trinajstić information content (AvgIpc) is 2.80. The van der Waals surface area contributed by atoms with Crippen molar-refractivity contribution in [3.8, 4) is 0 Å². The van der Waals surface area contributed by atoms with E-state index >= 15 is 0 Å². The van der Waals surface area contributed by atoms with Crippen LogP contribution in [0.4, 0.5) is 0 Å². The fraction of sp³-hybridized carbons (Fsp3) is 0.357. The number of nitrogens with zero attached hydrogens (tertiary/aromatic N) is 1. The molecule has 0 saturated heterocycles. The lowest BCUT2D eigenvalue weighted by molar-refractivity contribution is 0.0685. The number of imidazole rings is 1. The van der Waals surface area contributed by atoms with Gasteiger partial charge >= 0.3 is 5.97 Å². The van der Waals surface area contributed by atoms with E-state index in [0.717, 1.165) is 5.56 Å². The van der Waals surface area contributed by atoms with Crippen LogP contribution in [0.25, 0.3) is 11.0 Å². The maximum absolute atomic E-state index is 12.1. The number of carbonyl (C=O) groups is 2. The Morgan fingerprint density at radius 1 is 1.40 bits per heavy atom. The van der Waals surface area contributed by atoms with Crippen LogP contribution in [-0.2, 0) is 4.74 Å². The zero-order valence-corrected chi connectivity index (χ0v) is 11.4. The summed E-state index contributed by atoms with van der Waals surface area (Å²) >= 11 is 0. The highest BCUT2D eigenvalue weighted by molar-refractivity contribution is 6.01. The van der Waals surface area contributed by atoms with Gasteiger partial charge < -0.3 is 14.8 Å². The molecule has 20 heavy (non-hydrogen) atoms. The summed E-state index contributed by atoms with van der Waals surface area (Å²) in [5.41, 5.74) is 2.49. The van der Waals surface area contributed by atoms with E-state index in [1.807, 2.05) is 6.92 Å².